The van der Waals surface area contributed by atoms with E-state index in [0.717, 1.165) is 37.5 Å². The Balaban J connectivity index is 2.27. The minimum absolute atomic E-state index is 0.123. The monoisotopic (exact) mass is 297 g/mol. The average molecular weight is 297 g/mol. The summed E-state index contributed by atoms with van der Waals surface area (Å²) in [7, 11) is -3.69. The number of nitrogens with zero attached hydrogens (tertiary/aromatic N) is 1. The van der Waals surface area contributed by atoms with E-state index in [-0.39, 0.29) is 4.90 Å². The Labute approximate surface area is 121 Å². The summed E-state index contributed by atoms with van der Waals surface area (Å²) in [5, 5.41) is 5.19. The van der Waals surface area contributed by atoms with Gasteiger partial charge in [-0.3, -0.25) is 0 Å². The highest BCUT2D eigenvalue weighted by Crippen LogP contribution is 2.30. The van der Waals surface area contributed by atoms with Crippen LogP contribution in [-0.2, 0) is 10.0 Å². The highest BCUT2D eigenvalue weighted by Gasteiger charge is 2.19. The smallest absolute Gasteiger partial charge is 0.238 e. The van der Waals surface area contributed by atoms with Gasteiger partial charge in [-0.2, -0.15) is 0 Å². The molecule has 0 bridgehead atoms. The zero-order valence-corrected chi connectivity index (χ0v) is 12.7. The molecular formula is C14H23N3O2S. The molecule has 0 aromatic heterocycles. The standard InChI is InChI=1S/C14H23N3O2S/c1-2-11-4-3-8-17(9-7-11)14-10-12(20(16,18)19)5-6-13(14)15/h5-6,10-11H,2-4,7-9,15H2,1H3,(H2,16,18,19). The summed E-state index contributed by atoms with van der Waals surface area (Å²) in [6.45, 7) is 4.04. The van der Waals surface area contributed by atoms with Crippen LogP contribution < -0.4 is 15.8 Å². The van der Waals surface area contributed by atoms with Crippen LogP contribution in [0, 0.1) is 5.92 Å². The molecule has 5 nitrogen and oxygen atoms in total. The van der Waals surface area contributed by atoms with Crippen LogP contribution in [0.15, 0.2) is 23.1 Å². The number of anilines is 2. The van der Waals surface area contributed by atoms with Gasteiger partial charge in [0.1, 0.15) is 0 Å². The Morgan fingerprint density at radius 1 is 1.30 bits per heavy atom. The number of primary sulfonamides is 1. The number of nitrogens with two attached hydrogens (primary N) is 2. The molecule has 6 heteroatoms. The Morgan fingerprint density at radius 2 is 2.05 bits per heavy atom. The summed E-state index contributed by atoms with van der Waals surface area (Å²) in [5.74, 6) is 0.752. The first kappa shape index (κ1) is 15.1. The van der Waals surface area contributed by atoms with Crippen LogP contribution in [0.3, 0.4) is 0 Å². The Hall–Kier alpha value is -1.27. The van der Waals surface area contributed by atoms with E-state index in [9.17, 15) is 8.42 Å². The van der Waals surface area contributed by atoms with Gasteiger partial charge in [-0.05, 0) is 43.4 Å². The van der Waals surface area contributed by atoms with Crippen molar-refractivity contribution in [3.05, 3.63) is 18.2 Å². The van der Waals surface area contributed by atoms with Gasteiger partial charge in [-0.25, -0.2) is 13.6 Å². The van der Waals surface area contributed by atoms with Crippen LogP contribution in [0.1, 0.15) is 32.6 Å². The topological polar surface area (TPSA) is 89.4 Å². The number of hydrogen-bond donors (Lipinski definition) is 2. The van der Waals surface area contributed by atoms with Crippen molar-refractivity contribution in [3.8, 4) is 0 Å². The second-order valence-corrected chi connectivity index (χ2v) is 7.02. The molecule has 2 rings (SSSR count). The predicted molar refractivity (Wildman–Crippen MR) is 82.1 cm³/mol. The van der Waals surface area contributed by atoms with Crippen LogP contribution in [0.4, 0.5) is 11.4 Å². The summed E-state index contributed by atoms with van der Waals surface area (Å²) < 4.78 is 22.9. The second-order valence-electron chi connectivity index (χ2n) is 5.46. The molecule has 1 saturated heterocycles. The molecule has 4 N–H and O–H groups in total. The molecule has 112 valence electrons. The lowest BCUT2D eigenvalue weighted by Crippen LogP contribution is -2.25. The number of sulfonamides is 1. The van der Waals surface area contributed by atoms with Crippen molar-refractivity contribution in [2.75, 3.05) is 23.7 Å². The number of rotatable bonds is 3. The van der Waals surface area contributed by atoms with Gasteiger partial charge in [0.2, 0.25) is 10.0 Å². The van der Waals surface area contributed by atoms with Crippen molar-refractivity contribution in [1.29, 1.82) is 0 Å². The van der Waals surface area contributed by atoms with Gasteiger partial charge in [0.15, 0.2) is 0 Å². The van der Waals surface area contributed by atoms with Crippen molar-refractivity contribution in [1.82, 2.24) is 0 Å². The zero-order valence-electron chi connectivity index (χ0n) is 11.9. The van der Waals surface area contributed by atoms with Gasteiger partial charge < -0.3 is 10.6 Å². The lowest BCUT2D eigenvalue weighted by atomic mass is 9.98. The average Bonchev–Trinajstić information content (AvgIpc) is 2.63. The molecule has 0 amide bonds. The quantitative estimate of drug-likeness (QED) is 0.834. The van der Waals surface area contributed by atoms with Crippen LogP contribution in [0.5, 0.6) is 0 Å². The maximum atomic E-state index is 11.5. The van der Waals surface area contributed by atoms with E-state index in [2.05, 4.69) is 11.8 Å². The summed E-state index contributed by atoms with van der Waals surface area (Å²) in [6.07, 6.45) is 4.65. The first-order valence-electron chi connectivity index (χ1n) is 7.09. The molecule has 1 aromatic carbocycles. The predicted octanol–water partition coefficient (Wildman–Crippen LogP) is 1.93. The van der Waals surface area contributed by atoms with Gasteiger partial charge in [0.25, 0.3) is 0 Å². The van der Waals surface area contributed by atoms with Gasteiger partial charge in [-0.15, -0.1) is 0 Å². The minimum Gasteiger partial charge on any atom is -0.397 e. The molecule has 1 unspecified atom stereocenters. The summed E-state index contributed by atoms with van der Waals surface area (Å²) in [5.41, 5.74) is 7.39. The first-order chi connectivity index (χ1) is 9.41. The van der Waals surface area contributed by atoms with Crippen LogP contribution in [-0.4, -0.2) is 21.5 Å². The Morgan fingerprint density at radius 3 is 2.70 bits per heavy atom. The Kier molecular flexibility index (Phi) is 4.55. The van der Waals surface area contributed by atoms with Crippen molar-refractivity contribution in [3.63, 3.8) is 0 Å². The molecule has 1 fully saturated rings. The third-order valence-corrected chi connectivity index (χ3v) is 5.01. The largest absolute Gasteiger partial charge is 0.397 e. The number of nitrogen functional groups attached to an aromatic ring is 1. The fourth-order valence-corrected chi connectivity index (χ4v) is 3.32. The number of hydrogen-bond acceptors (Lipinski definition) is 4. The lowest BCUT2D eigenvalue weighted by Gasteiger charge is -2.25. The highest BCUT2D eigenvalue weighted by atomic mass is 32.2. The fourth-order valence-electron chi connectivity index (χ4n) is 2.79. The van der Waals surface area contributed by atoms with E-state index in [1.807, 2.05) is 0 Å². The molecule has 1 atom stereocenters. The van der Waals surface area contributed by atoms with Crippen molar-refractivity contribution < 1.29 is 8.42 Å². The van der Waals surface area contributed by atoms with E-state index in [1.165, 1.54) is 18.9 Å². The maximum absolute atomic E-state index is 11.5. The molecule has 1 aliphatic rings. The SMILES string of the molecule is CCC1CCCN(c2cc(S(N)(=O)=O)ccc2N)CC1. The molecule has 20 heavy (non-hydrogen) atoms. The molecular weight excluding hydrogens is 274 g/mol. The van der Waals surface area contributed by atoms with Gasteiger partial charge in [0, 0.05) is 13.1 Å². The molecule has 1 heterocycles. The van der Waals surface area contributed by atoms with Crippen molar-refractivity contribution in [2.45, 2.75) is 37.5 Å². The molecule has 1 aliphatic heterocycles. The van der Waals surface area contributed by atoms with Crippen LogP contribution in [0.2, 0.25) is 0 Å². The third-order valence-electron chi connectivity index (χ3n) is 4.10. The van der Waals surface area contributed by atoms with Crippen molar-refractivity contribution >= 4 is 21.4 Å². The molecule has 0 aliphatic carbocycles. The lowest BCUT2D eigenvalue weighted by molar-refractivity contribution is 0.459. The zero-order chi connectivity index (χ0) is 14.8. The van der Waals surface area contributed by atoms with Gasteiger partial charge in [0.05, 0.1) is 16.3 Å². The summed E-state index contributed by atoms with van der Waals surface area (Å²) >= 11 is 0. The number of benzene rings is 1. The minimum atomic E-state index is -3.69. The first-order valence-corrected chi connectivity index (χ1v) is 8.63. The van der Waals surface area contributed by atoms with E-state index < -0.39 is 10.0 Å². The Bertz CT molecular complexity index is 572. The van der Waals surface area contributed by atoms with E-state index in [1.54, 1.807) is 12.1 Å². The third kappa shape index (κ3) is 3.43. The van der Waals surface area contributed by atoms with Gasteiger partial charge >= 0.3 is 0 Å². The van der Waals surface area contributed by atoms with Crippen LogP contribution >= 0.6 is 0 Å². The molecule has 1 aromatic rings. The van der Waals surface area contributed by atoms with E-state index in [0.29, 0.717) is 5.69 Å². The van der Waals surface area contributed by atoms with E-state index in [4.69, 9.17) is 10.9 Å². The van der Waals surface area contributed by atoms with E-state index >= 15 is 0 Å². The molecule has 0 spiro atoms. The highest BCUT2D eigenvalue weighted by molar-refractivity contribution is 7.89. The normalized spacial score (nSPS) is 20.7. The molecule has 0 saturated carbocycles. The summed E-state index contributed by atoms with van der Waals surface area (Å²) in [4.78, 5) is 2.30. The summed E-state index contributed by atoms with van der Waals surface area (Å²) in [6, 6.07) is 4.68. The fraction of sp³-hybridized carbons (Fsp3) is 0.571. The second kappa shape index (κ2) is 6.01. The van der Waals surface area contributed by atoms with Gasteiger partial charge in [-0.1, -0.05) is 13.3 Å². The van der Waals surface area contributed by atoms with Crippen LogP contribution in [0.25, 0.3) is 0 Å². The van der Waals surface area contributed by atoms with Crippen molar-refractivity contribution in [2.24, 2.45) is 11.1 Å². The molecule has 0 radical (unpaired) electrons. The maximum Gasteiger partial charge on any atom is 0.238 e.